The maximum atomic E-state index is 6.05. The molecule has 0 aliphatic rings. The van der Waals surface area contributed by atoms with Crippen LogP contribution in [0.15, 0.2) is 121 Å². The number of nitrogens with two attached hydrogens (primary N) is 2. The summed E-state index contributed by atoms with van der Waals surface area (Å²) in [6, 6.07) is 36.7. The highest BCUT2D eigenvalue weighted by atomic mass is 16.5. The van der Waals surface area contributed by atoms with E-state index in [9.17, 15) is 0 Å². The Morgan fingerprint density at radius 2 is 0.528 bits per heavy atom. The van der Waals surface area contributed by atoms with Gasteiger partial charge in [-0.2, -0.15) is 0 Å². The average Bonchev–Trinajstić information content (AvgIpc) is 2.85. The molecule has 36 heavy (non-hydrogen) atoms. The predicted octanol–water partition coefficient (Wildman–Crippen LogP) is 8.02. The van der Waals surface area contributed by atoms with Crippen LogP contribution in [0, 0.1) is 0 Å². The zero-order valence-electron chi connectivity index (χ0n) is 19.3. The van der Waals surface area contributed by atoms with E-state index in [0.717, 1.165) is 0 Å². The van der Waals surface area contributed by atoms with Crippen molar-refractivity contribution in [3.63, 3.8) is 0 Å². The summed E-state index contributed by atoms with van der Waals surface area (Å²) in [4.78, 5) is 0. The molecule has 4 N–H and O–H groups in total. The van der Waals surface area contributed by atoms with Gasteiger partial charge < -0.3 is 30.4 Å². The van der Waals surface area contributed by atoms with Crippen molar-refractivity contribution >= 4 is 11.4 Å². The Bertz CT molecular complexity index is 1380. The molecular formula is C30H24N2O4. The summed E-state index contributed by atoms with van der Waals surface area (Å²) in [6.45, 7) is 0. The normalized spacial score (nSPS) is 10.4. The minimum Gasteiger partial charge on any atom is -0.457 e. The van der Waals surface area contributed by atoms with Gasteiger partial charge in [0.05, 0.1) is 0 Å². The molecule has 0 heterocycles. The number of hydrogen-bond acceptors (Lipinski definition) is 6. The fourth-order valence-electron chi connectivity index (χ4n) is 3.50. The van der Waals surface area contributed by atoms with Crippen molar-refractivity contribution in [1.29, 1.82) is 0 Å². The average molecular weight is 477 g/mol. The summed E-state index contributed by atoms with van der Waals surface area (Å²) in [5, 5.41) is 0. The molecule has 0 spiro atoms. The number of ether oxygens (including phenoxy) is 4. The zero-order valence-corrected chi connectivity index (χ0v) is 19.3. The largest absolute Gasteiger partial charge is 0.457 e. The van der Waals surface area contributed by atoms with E-state index >= 15 is 0 Å². The molecule has 6 heteroatoms. The minimum absolute atomic E-state index is 0.626. The smallest absolute Gasteiger partial charge is 0.131 e. The molecule has 5 aromatic carbocycles. The SMILES string of the molecule is Nc1cccc(Oc2cccc(Oc3cccc(Oc4cccc(Oc5cccc(N)c5)c4)c3)c2)c1. The van der Waals surface area contributed by atoms with Gasteiger partial charge in [-0.3, -0.25) is 0 Å². The fourth-order valence-corrected chi connectivity index (χ4v) is 3.50. The van der Waals surface area contributed by atoms with Crippen molar-refractivity contribution in [3.8, 4) is 46.0 Å². The van der Waals surface area contributed by atoms with Gasteiger partial charge >= 0.3 is 0 Å². The van der Waals surface area contributed by atoms with E-state index in [-0.39, 0.29) is 0 Å². The van der Waals surface area contributed by atoms with Gasteiger partial charge in [-0.15, -0.1) is 0 Å². The highest BCUT2D eigenvalue weighted by Gasteiger charge is 2.06. The van der Waals surface area contributed by atoms with Crippen LogP contribution in [-0.4, -0.2) is 0 Å². The third kappa shape index (κ3) is 6.07. The summed E-state index contributed by atoms with van der Waals surface area (Å²) < 4.78 is 23.9. The van der Waals surface area contributed by atoms with Crippen molar-refractivity contribution in [3.05, 3.63) is 121 Å². The number of rotatable bonds is 8. The first-order valence-electron chi connectivity index (χ1n) is 11.3. The van der Waals surface area contributed by atoms with Gasteiger partial charge in [-0.25, -0.2) is 0 Å². The molecule has 0 unspecified atom stereocenters. The quantitative estimate of drug-likeness (QED) is 0.220. The molecule has 0 aliphatic carbocycles. The lowest BCUT2D eigenvalue weighted by molar-refractivity contribution is 0.447. The lowest BCUT2D eigenvalue weighted by atomic mass is 10.3. The van der Waals surface area contributed by atoms with Gasteiger partial charge in [-0.1, -0.05) is 30.3 Å². The molecule has 6 nitrogen and oxygen atoms in total. The second-order valence-corrected chi connectivity index (χ2v) is 7.98. The number of hydrogen-bond donors (Lipinski definition) is 2. The zero-order chi connectivity index (χ0) is 24.7. The second kappa shape index (κ2) is 10.4. The molecule has 0 aliphatic heterocycles. The van der Waals surface area contributed by atoms with E-state index in [1.54, 1.807) is 12.1 Å². The van der Waals surface area contributed by atoms with Crippen LogP contribution in [0.4, 0.5) is 11.4 Å². The van der Waals surface area contributed by atoms with E-state index in [4.69, 9.17) is 30.4 Å². The van der Waals surface area contributed by atoms with E-state index in [1.165, 1.54) is 0 Å². The van der Waals surface area contributed by atoms with Crippen LogP contribution < -0.4 is 30.4 Å². The monoisotopic (exact) mass is 476 g/mol. The Hall–Kier alpha value is -5.10. The van der Waals surface area contributed by atoms with Gasteiger partial charge in [0.15, 0.2) is 0 Å². The first kappa shape index (κ1) is 22.7. The minimum atomic E-state index is 0.626. The first-order chi connectivity index (χ1) is 17.6. The van der Waals surface area contributed by atoms with Gasteiger partial charge in [0.2, 0.25) is 0 Å². The topological polar surface area (TPSA) is 89.0 Å². The summed E-state index contributed by atoms with van der Waals surface area (Å²) in [5.74, 6) is 5.11. The maximum absolute atomic E-state index is 6.05. The standard InChI is InChI=1S/C30H24N2O4/c31-21-6-1-8-23(16-21)33-25-10-3-12-27(18-25)35-29-14-5-15-30(20-29)36-28-13-4-11-26(19-28)34-24-9-2-7-22(32)17-24/h1-20H,31-32H2. The third-order valence-electron chi connectivity index (χ3n) is 5.08. The molecule has 0 radical (unpaired) electrons. The Morgan fingerprint density at radius 3 is 0.778 bits per heavy atom. The molecule has 0 saturated carbocycles. The van der Waals surface area contributed by atoms with Gasteiger partial charge in [-0.05, 0) is 60.7 Å². The van der Waals surface area contributed by atoms with Crippen LogP contribution in [0.1, 0.15) is 0 Å². The van der Waals surface area contributed by atoms with E-state index < -0.39 is 0 Å². The molecule has 5 aromatic rings. The number of anilines is 2. The van der Waals surface area contributed by atoms with E-state index in [0.29, 0.717) is 57.4 Å². The van der Waals surface area contributed by atoms with Gasteiger partial charge in [0, 0.05) is 41.7 Å². The van der Waals surface area contributed by atoms with Crippen LogP contribution >= 0.6 is 0 Å². The molecule has 178 valence electrons. The summed E-state index contributed by atoms with van der Waals surface area (Å²) >= 11 is 0. The van der Waals surface area contributed by atoms with Crippen LogP contribution in [0.3, 0.4) is 0 Å². The van der Waals surface area contributed by atoms with Gasteiger partial charge in [0.1, 0.15) is 46.0 Å². The van der Waals surface area contributed by atoms with Crippen molar-refractivity contribution in [2.24, 2.45) is 0 Å². The van der Waals surface area contributed by atoms with Crippen LogP contribution in [-0.2, 0) is 0 Å². The maximum Gasteiger partial charge on any atom is 0.131 e. The highest BCUT2D eigenvalue weighted by Crippen LogP contribution is 2.33. The second-order valence-electron chi connectivity index (χ2n) is 7.98. The molecule has 0 amide bonds. The molecule has 0 aromatic heterocycles. The van der Waals surface area contributed by atoms with Gasteiger partial charge in [0.25, 0.3) is 0 Å². The lowest BCUT2D eigenvalue weighted by Crippen LogP contribution is -1.90. The summed E-state index contributed by atoms with van der Waals surface area (Å²) in [6.07, 6.45) is 0. The van der Waals surface area contributed by atoms with E-state index in [2.05, 4.69) is 0 Å². The predicted molar refractivity (Wildman–Crippen MR) is 141 cm³/mol. The van der Waals surface area contributed by atoms with Crippen molar-refractivity contribution in [2.75, 3.05) is 11.5 Å². The molecule has 0 atom stereocenters. The molecule has 5 rings (SSSR count). The number of nitrogen functional groups attached to an aromatic ring is 2. The van der Waals surface area contributed by atoms with Crippen LogP contribution in [0.2, 0.25) is 0 Å². The molecule has 0 bridgehead atoms. The van der Waals surface area contributed by atoms with Crippen molar-refractivity contribution in [2.45, 2.75) is 0 Å². The third-order valence-corrected chi connectivity index (χ3v) is 5.08. The Balaban J connectivity index is 1.26. The van der Waals surface area contributed by atoms with Crippen molar-refractivity contribution < 1.29 is 18.9 Å². The summed E-state index contributed by atoms with van der Waals surface area (Å²) in [5.41, 5.74) is 12.9. The Labute approximate surface area is 209 Å². The highest BCUT2D eigenvalue weighted by molar-refractivity contribution is 5.48. The van der Waals surface area contributed by atoms with Crippen LogP contribution in [0.25, 0.3) is 0 Å². The molecule has 0 saturated heterocycles. The van der Waals surface area contributed by atoms with Crippen molar-refractivity contribution in [1.82, 2.24) is 0 Å². The fraction of sp³-hybridized carbons (Fsp3) is 0. The lowest BCUT2D eigenvalue weighted by Gasteiger charge is -2.12. The first-order valence-corrected chi connectivity index (χ1v) is 11.3. The summed E-state index contributed by atoms with van der Waals surface area (Å²) in [7, 11) is 0. The molecular weight excluding hydrogens is 452 g/mol. The Morgan fingerprint density at radius 1 is 0.306 bits per heavy atom. The van der Waals surface area contributed by atoms with Crippen LogP contribution in [0.5, 0.6) is 46.0 Å². The van der Waals surface area contributed by atoms with E-state index in [1.807, 2.05) is 109 Å². The number of benzene rings is 5. The Kier molecular flexibility index (Phi) is 6.58. The molecule has 0 fully saturated rings.